The third-order valence-corrected chi connectivity index (χ3v) is 5.87. The van der Waals surface area contributed by atoms with E-state index < -0.39 is 0 Å². The molecule has 0 saturated carbocycles. The molecule has 1 saturated heterocycles. The molecule has 4 rings (SSSR count). The molecular formula is C26H31N5O2. The zero-order valence-corrected chi connectivity index (χ0v) is 19.0. The number of nitrogens with one attached hydrogen (secondary N) is 2. The van der Waals surface area contributed by atoms with E-state index in [9.17, 15) is 4.79 Å². The second-order valence-corrected chi connectivity index (χ2v) is 8.23. The zero-order chi connectivity index (χ0) is 22.9. The smallest absolute Gasteiger partial charge is 0.227 e. The van der Waals surface area contributed by atoms with E-state index in [0.717, 1.165) is 43.7 Å². The molecule has 0 radical (unpaired) electrons. The third-order valence-electron chi connectivity index (χ3n) is 5.87. The summed E-state index contributed by atoms with van der Waals surface area (Å²) in [6.45, 7) is 2.16. The number of ether oxygens (including phenoxy) is 1. The fourth-order valence-electron chi connectivity index (χ4n) is 4.12. The summed E-state index contributed by atoms with van der Waals surface area (Å²) in [5.74, 6) is 2.15. The summed E-state index contributed by atoms with van der Waals surface area (Å²) in [5.41, 5.74) is 2.14. The van der Waals surface area contributed by atoms with Crippen molar-refractivity contribution in [3.8, 4) is 5.75 Å². The number of rotatable bonds is 9. The van der Waals surface area contributed by atoms with Crippen LogP contribution in [0.4, 0.5) is 17.5 Å². The number of amides is 1. The van der Waals surface area contributed by atoms with Crippen molar-refractivity contribution in [3.63, 3.8) is 0 Å². The van der Waals surface area contributed by atoms with Gasteiger partial charge in [0.2, 0.25) is 11.9 Å². The first-order chi connectivity index (χ1) is 16.2. The lowest BCUT2D eigenvalue weighted by molar-refractivity contribution is -0.125. The van der Waals surface area contributed by atoms with Crippen molar-refractivity contribution < 1.29 is 9.53 Å². The molecule has 1 unspecified atom stereocenters. The van der Waals surface area contributed by atoms with Gasteiger partial charge in [0.05, 0.1) is 18.7 Å². The van der Waals surface area contributed by atoms with Crippen LogP contribution >= 0.6 is 0 Å². The maximum absolute atomic E-state index is 12.8. The van der Waals surface area contributed by atoms with Crippen LogP contribution in [0.2, 0.25) is 0 Å². The van der Waals surface area contributed by atoms with Gasteiger partial charge in [-0.3, -0.25) is 4.79 Å². The van der Waals surface area contributed by atoms with Crippen LogP contribution in [0.5, 0.6) is 5.75 Å². The molecule has 1 amide bonds. The lowest BCUT2D eigenvalue weighted by Crippen LogP contribution is -2.44. The molecule has 7 nitrogen and oxygen atoms in total. The Balaban J connectivity index is 1.31. The maximum atomic E-state index is 12.8. The SMILES string of the molecule is COc1ccccc1Nc1ccnc(N2CCCC(C(=O)NCCCc3ccccc3)C2)n1. The van der Waals surface area contributed by atoms with E-state index >= 15 is 0 Å². The van der Waals surface area contributed by atoms with Gasteiger partial charge in [0.25, 0.3) is 0 Å². The number of para-hydroxylation sites is 2. The number of carbonyl (C=O) groups excluding carboxylic acids is 1. The minimum atomic E-state index is -0.0510. The fourth-order valence-corrected chi connectivity index (χ4v) is 4.12. The summed E-state index contributed by atoms with van der Waals surface area (Å²) >= 11 is 0. The highest BCUT2D eigenvalue weighted by atomic mass is 16.5. The Hall–Kier alpha value is -3.61. The van der Waals surface area contributed by atoms with Gasteiger partial charge in [-0.25, -0.2) is 4.98 Å². The molecule has 1 atom stereocenters. The highest BCUT2D eigenvalue weighted by Gasteiger charge is 2.27. The average molecular weight is 446 g/mol. The lowest BCUT2D eigenvalue weighted by Gasteiger charge is -2.32. The molecule has 1 aromatic heterocycles. The summed E-state index contributed by atoms with van der Waals surface area (Å²) in [6.07, 6.45) is 5.48. The Bertz CT molecular complexity index is 1040. The number of methoxy groups -OCH3 is 1. The summed E-state index contributed by atoms with van der Waals surface area (Å²) in [6, 6.07) is 19.9. The van der Waals surface area contributed by atoms with Crippen LogP contribution in [-0.4, -0.2) is 42.6 Å². The van der Waals surface area contributed by atoms with Gasteiger partial charge in [-0.1, -0.05) is 42.5 Å². The summed E-state index contributed by atoms with van der Waals surface area (Å²) in [4.78, 5) is 24.0. The minimum Gasteiger partial charge on any atom is -0.495 e. The monoisotopic (exact) mass is 445 g/mol. The number of aryl methyl sites for hydroxylation is 1. The Labute approximate surface area is 195 Å². The Morgan fingerprint density at radius 1 is 1.12 bits per heavy atom. The van der Waals surface area contributed by atoms with Crippen LogP contribution in [0, 0.1) is 5.92 Å². The number of hydrogen-bond donors (Lipinski definition) is 2. The second kappa shape index (κ2) is 11.3. The van der Waals surface area contributed by atoms with Crippen molar-refractivity contribution in [1.29, 1.82) is 0 Å². The van der Waals surface area contributed by atoms with Crippen molar-refractivity contribution in [2.24, 2.45) is 5.92 Å². The lowest BCUT2D eigenvalue weighted by atomic mass is 9.97. The van der Waals surface area contributed by atoms with E-state index in [1.165, 1.54) is 5.56 Å². The van der Waals surface area contributed by atoms with Crippen molar-refractivity contribution in [2.45, 2.75) is 25.7 Å². The number of aromatic nitrogens is 2. The van der Waals surface area contributed by atoms with Crippen molar-refractivity contribution >= 4 is 23.4 Å². The first kappa shape index (κ1) is 22.6. The van der Waals surface area contributed by atoms with Gasteiger partial charge >= 0.3 is 0 Å². The number of carbonyl (C=O) groups is 1. The Morgan fingerprint density at radius 2 is 1.94 bits per heavy atom. The quantitative estimate of drug-likeness (QED) is 0.481. The molecule has 2 aromatic carbocycles. The highest BCUT2D eigenvalue weighted by Crippen LogP contribution is 2.27. The predicted molar refractivity (Wildman–Crippen MR) is 131 cm³/mol. The number of nitrogens with zero attached hydrogens (tertiary/aromatic N) is 3. The van der Waals surface area contributed by atoms with E-state index in [2.05, 4.69) is 37.6 Å². The molecular weight excluding hydrogens is 414 g/mol. The van der Waals surface area contributed by atoms with Crippen molar-refractivity contribution in [2.75, 3.05) is 37.0 Å². The number of anilines is 3. The molecule has 0 aliphatic carbocycles. The summed E-state index contributed by atoms with van der Waals surface area (Å²) < 4.78 is 5.41. The van der Waals surface area contributed by atoms with E-state index in [1.54, 1.807) is 13.3 Å². The first-order valence-electron chi connectivity index (χ1n) is 11.5. The van der Waals surface area contributed by atoms with Gasteiger partial charge in [0.15, 0.2) is 0 Å². The van der Waals surface area contributed by atoms with Gasteiger partial charge in [-0.2, -0.15) is 4.98 Å². The predicted octanol–water partition coefficient (Wildman–Crippen LogP) is 4.19. The molecule has 33 heavy (non-hydrogen) atoms. The number of benzene rings is 2. The van der Waals surface area contributed by atoms with Crippen LogP contribution in [0.15, 0.2) is 66.9 Å². The largest absolute Gasteiger partial charge is 0.495 e. The van der Waals surface area contributed by atoms with Gasteiger partial charge in [-0.15, -0.1) is 0 Å². The normalized spacial score (nSPS) is 15.7. The second-order valence-electron chi connectivity index (χ2n) is 8.23. The van der Waals surface area contributed by atoms with Crippen molar-refractivity contribution in [3.05, 3.63) is 72.4 Å². The van der Waals surface area contributed by atoms with Crippen LogP contribution in [0.25, 0.3) is 0 Å². The van der Waals surface area contributed by atoms with Gasteiger partial charge in [0, 0.05) is 25.8 Å². The third kappa shape index (κ3) is 6.22. The topological polar surface area (TPSA) is 79.4 Å². The Kier molecular flexibility index (Phi) is 7.74. The molecule has 0 bridgehead atoms. The molecule has 0 spiro atoms. The van der Waals surface area contributed by atoms with E-state index in [0.29, 0.717) is 24.9 Å². The zero-order valence-electron chi connectivity index (χ0n) is 19.0. The van der Waals surface area contributed by atoms with E-state index in [1.807, 2.05) is 48.5 Å². The molecule has 1 aliphatic rings. The van der Waals surface area contributed by atoms with Crippen LogP contribution in [0.1, 0.15) is 24.8 Å². The maximum Gasteiger partial charge on any atom is 0.227 e. The summed E-state index contributed by atoms with van der Waals surface area (Å²) in [7, 11) is 1.65. The molecule has 2 heterocycles. The average Bonchev–Trinajstić information content (AvgIpc) is 2.88. The summed E-state index contributed by atoms with van der Waals surface area (Å²) in [5, 5.41) is 6.42. The van der Waals surface area contributed by atoms with Crippen LogP contribution in [0.3, 0.4) is 0 Å². The molecule has 2 N–H and O–H groups in total. The number of piperidine rings is 1. The first-order valence-corrected chi connectivity index (χ1v) is 11.5. The minimum absolute atomic E-state index is 0.0510. The molecule has 1 aliphatic heterocycles. The Morgan fingerprint density at radius 3 is 2.79 bits per heavy atom. The molecule has 3 aromatic rings. The van der Waals surface area contributed by atoms with Gasteiger partial charge in [0.1, 0.15) is 11.6 Å². The standard InChI is InChI=1S/C26H31N5O2/c1-33-23-14-6-5-13-22(23)29-24-15-17-28-26(30-24)31-18-8-12-21(19-31)25(32)27-16-7-11-20-9-3-2-4-10-20/h2-6,9-10,13-15,17,21H,7-8,11-12,16,18-19H2,1H3,(H,27,32)(H,28,29,30). The van der Waals surface area contributed by atoms with Crippen molar-refractivity contribution in [1.82, 2.24) is 15.3 Å². The fraction of sp³-hybridized carbons (Fsp3) is 0.346. The number of hydrogen-bond acceptors (Lipinski definition) is 6. The molecule has 172 valence electrons. The van der Waals surface area contributed by atoms with Gasteiger partial charge < -0.3 is 20.3 Å². The van der Waals surface area contributed by atoms with Crippen LogP contribution < -0.4 is 20.3 Å². The highest BCUT2D eigenvalue weighted by molar-refractivity contribution is 5.79. The van der Waals surface area contributed by atoms with Gasteiger partial charge in [-0.05, 0) is 49.4 Å². The molecule has 1 fully saturated rings. The van der Waals surface area contributed by atoms with E-state index in [-0.39, 0.29) is 11.8 Å². The molecule has 7 heteroatoms. The van der Waals surface area contributed by atoms with Crippen LogP contribution in [-0.2, 0) is 11.2 Å². The van der Waals surface area contributed by atoms with E-state index in [4.69, 9.17) is 4.74 Å².